The van der Waals surface area contributed by atoms with Gasteiger partial charge in [0.15, 0.2) is 0 Å². The van der Waals surface area contributed by atoms with E-state index in [-0.39, 0.29) is 6.03 Å². The van der Waals surface area contributed by atoms with Crippen molar-refractivity contribution in [3.63, 3.8) is 0 Å². The van der Waals surface area contributed by atoms with Crippen LogP contribution in [-0.2, 0) is 6.54 Å². The summed E-state index contributed by atoms with van der Waals surface area (Å²) in [4.78, 5) is 19.5. The molecule has 1 unspecified atom stereocenters. The zero-order valence-corrected chi connectivity index (χ0v) is 15.6. The van der Waals surface area contributed by atoms with Crippen molar-refractivity contribution in [3.8, 4) is 0 Å². The van der Waals surface area contributed by atoms with Gasteiger partial charge in [-0.3, -0.25) is 0 Å². The molecule has 0 bridgehead atoms. The predicted octanol–water partition coefficient (Wildman–Crippen LogP) is 3.85. The van der Waals surface area contributed by atoms with E-state index in [0.29, 0.717) is 6.04 Å². The Hall–Kier alpha value is -1.07. The fraction of sp³-hybridized carbons (Fsp3) is 0.722. The lowest BCUT2D eigenvalue weighted by atomic mass is 10.0. The maximum absolute atomic E-state index is 12.6. The van der Waals surface area contributed by atoms with Gasteiger partial charge in [0.1, 0.15) is 0 Å². The maximum Gasteiger partial charge on any atom is 0.317 e. The molecule has 0 saturated carbocycles. The molecule has 1 aromatic rings. The molecule has 1 aliphatic heterocycles. The van der Waals surface area contributed by atoms with Crippen LogP contribution in [0.25, 0.3) is 0 Å². The van der Waals surface area contributed by atoms with Crippen LogP contribution >= 0.6 is 11.3 Å². The predicted molar refractivity (Wildman–Crippen MR) is 98.0 cm³/mol. The van der Waals surface area contributed by atoms with Crippen LogP contribution < -0.4 is 5.32 Å². The van der Waals surface area contributed by atoms with Gasteiger partial charge in [0, 0.05) is 28.9 Å². The molecule has 23 heavy (non-hydrogen) atoms. The lowest BCUT2D eigenvalue weighted by Crippen LogP contribution is -2.48. The number of carbonyl (C=O) groups excluding carboxylic acids is 1. The fourth-order valence-corrected chi connectivity index (χ4v) is 3.98. The smallest absolute Gasteiger partial charge is 0.317 e. The molecule has 5 heteroatoms. The Bertz CT molecular complexity index is 488. The minimum Gasteiger partial charge on any atom is -0.336 e. The van der Waals surface area contributed by atoms with Gasteiger partial charge in [0.2, 0.25) is 0 Å². The molecule has 2 rings (SSSR count). The molecular weight excluding hydrogens is 306 g/mol. The first-order chi connectivity index (χ1) is 11.1. The van der Waals surface area contributed by atoms with Crippen molar-refractivity contribution in [3.05, 3.63) is 21.9 Å². The van der Waals surface area contributed by atoms with Crippen LogP contribution in [0.3, 0.4) is 0 Å². The van der Waals surface area contributed by atoms with Gasteiger partial charge in [-0.2, -0.15) is 0 Å². The van der Waals surface area contributed by atoms with E-state index in [2.05, 4.69) is 43.2 Å². The van der Waals surface area contributed by atoms with E-state index >= 15 is 0 Å². The third-order valence-corrected chi connectivity index (χ3v) is 5.61. The number of likely N-dealkylation sites (N-methyl/N-ethyl adjacent to an activating group) is 1. The Morgan fingerprint density at radius 1 is 1.43 bits per heavy atom. The average Bonchev–Trinajstić information content (AvgIpc) is 2.95. The molecule has 1 aliphatic rings. The summed E-state index contributed by atoms with van der Waals surface area (Å²) in [6.07, 6.45) is 5.91. The SMILES string of the molecule is CCCCN(Cc1ccc(C)s1)C(=O)NCC1CCCCN1C. The number of carbonyl (C=O) groups is 1. The van der Waals surface area contributed by atoms with Crippen molar-refractivity contribution < 1.29 is 4.79 Å². The van der Waals surface area contributed by atoms with E-state index in [1.807, 2.05) is 4.90 Å². The summed E-state index contributed by atoms with van der Waals surface area (Å²) < 4.78 is 0. The molecule has 0 radical (unpaired) electrons. The maximum atomic E-state index is 12.6. The number of hydrogen-bond acceptors (Lipinski definition) is 3. The summed E-state index contributed by atoms with van der Waals surface area (Å²) in [5, 5.41) is 3.17. The number of nitrogens with one attached hydrogen (secondary N) is 1. The highest BCUT2D eigenvalue weighted by Crippen LogP contribution is 2.18. The van der Waals surface area contributed by atoms with Gasteiger partial charge in [-0.25, -0.2) is 4.79 Å². The third-order valence-electron chi connectivity index (χ3n) is 4.62. The van der Waals surface area contributed by atoms with Gasteiger partial charge in [0.05, 0.1) is 6.54 Å². The number of urea groups is 1. The van der Waals surface area contributed by atoms with Gasteiger partial charge < -0.3 is 15.1 Å². The minimum atomic E-state index is 0.0866. The lowest BCUT2D eigenvalue weighted by molar-refractivity contribution is 0.167. The molecule has 0 aromatic carbocycles. The first kappa shape index (κ1) is 18.3. The monoisotopic (exact) mass is 337 g/mol. The number of thiophene rings is 1. The molecule has 130 valence electrons. The first-order valence-corrected chi connectivity index (χ1v) is 9.70. The minimum absolute atomic E-state index is 0.0866. The summed E-state index contributed by atoms with van der Waals surface area (Å²) in [5.41, 5.74) is 0. The van der Waals surface area contributed by atoms with Crippen molar-refractivity contribution in [2.45, 2.75) is 58.5 Å². The fourth-order valence-electron chi connectivity index (χ4n) is 3.08. The zero-order chi connectivity index (χ0) is 16.7. The van der Waals surface area contributed by atoms with Crippen molar-refractivity contribution >= 4 is 17.4 Å². The van der Waals surface area contributed by atoms with Crippen LogP contribution in [0.5, 0.6) is 0 Å². The number of hydrogen-bond donors (Lipinski definition) is 1. The molecule has 1 fully saturated rings. The number of likely N-dealkylation sites (tertiary alicyclic amines) is 1. The molecule has 0 spiro atoms. The lowest BCUT2D eigenvalue weighted by Gasteiger charge is -2.33. The normalized spacial score (nSPS) is 18.8. The summed E-state index contributed by atoms with van der Waals surface area (Å²) >= 11 is 1.78. The van der Waals surface area contributed by atoms with E-state index in [1.165, 1.54) is 29.0 Å². The van der Waals surface area contributed by atoms with Crippen LogP contribution in [-0.4, -0.2) is 48.6 Å². The van der Waals surface area contributed by atoms with Crippen molar-refractivity contribution in [2.24, 2.45) is 0 Å². The van der Waals surface area contributed by atoms with E-state index in [1.54, 1.807) is 11.3 Å². The number of nitrogens with zero attached hydrogens (tertiary/aromatic N) is 2. The van der Waals surface area contributed by atoms with Gasteiger partial charge in [-0.05, 0) is 51.9 Å². The van der Waals surface area contributed by atoms with Crippen LogP contribution in [0.1, 0.15) is 48.8 Å². The Morgan fingerprint density at radius 3 is 2.91 bits per heavy atom. The van der Waals surface area contributed by atoms with Gasteiger partial charge in [0.25, 0.3) is 0 Å². The van der Waals surface area contributed by atoms with Gasteiger partial charge in [-0.1, -0.05) is 19.8 Å². The average molecular weight is 338 g/mol. The summed E-state index contributed by atoms with van der Waals surface area (Å²) in [6.45, 7) is 7.76. The molecule has 2 heterocycles. The standard InChI is InChI=1S/C18H31N3OS/c1-4-5-12-21(14-17-10-9-15(2)23-17)18(22)19-13-16-8-6-7-11-20(16)3/h9-10,16H,4-8,11-14H2,1-3H3,(H,19,22). The van der Waals surface area contributed by atoms with Crippen LogP contribution in [0.4, 0.5) is 4.79 Å². The number of amides is 2. The number of unbranched alkanes of at least 4 members (excludes halogenated alkanes) is 1. The molecule has 1 saturated heterocycles. The van der Waals surface area contributed by atoms with Crippen LogP contribution in [0.2, 0.25) is 0 Å². The largest absolute Gasteiger partial charge is 0.336 e. The van der Waals surface area contributed by atoms with Gasteiger partial charge >= 0.3 is 6.03 Å². The van der Waals surface area contributed by atoms with E-state index in [4.69, 9.17) is 0 Å². The van der Waals surface area contributed by atoms with Crippen molar-refractivity contribution in [1.82, 2.24) is 15.1 Å². The third kappa shape index (κ3) is 5.81. The Kier molecular flexibility index (Phi) is 7.37. The second kappa shape index (κ2) is 9.28. The molecule has 4 nitrogen and oxygen atoms in total. The highest BCUT2D eigenvalue weighted by atomic mass is 32.1. The number of aryl methyl sites for hydroxylation is 1. The Balaban J connectivity index is 1.87. The van der Waals surface area contributed by atoms with Crippen LogP contribution in [0, 0.1) is 6.92 Å². The molecule has 2 amide bonds. The quantitative estimate of drug-likeness (QED) is 0.820. The highest BCUT2D eigenvalue weighted by molar-refractivity contribution is 7.11. The van der Waals surface area contributed by atoms with E-state index in [0.717, 1.165) is 39.0 Å². The van der Waals surface area contributed by atoms with Crippen LogP contribution in [0.15, 0.2) is 12.1 Å². The molecule has 1 N–H and O–H groups in total. The zero-order valence-electron chi connectivity index (χ0n) is 14.8. The number of piperidine rings is 1. The second-order valence-corrected chi connectivity index (χ2v) is 7.98. The van der Waals surface area contributed by atoms with E-state index < -0.39 is 0 Å². The summed E-state index contributed by atoms with van der Waals surface area (Å²) in [6, 6.07) is 4.85. The summed E-state index contributed by atoms with van der Waals surface area (Å²) in [5.74, 6) is 0. The molecule has 1 aromatic heterocycles. The van der Waals surface area contributed by atoms with Crippen molar-refractivity contribution in [2.75, 3.05) is 26.7 Å². The Labute approximate surface area is 144 Å². The van der Waals surface area contributed by atoms with E-state index in [9.17, 15) is 4.79 Å². The van der Waals surface area contributed by atoms with Crippen molar-refractivity contribution in [1.29, 1.82) is 0 Å². The Morgan fingerprint density at radius 2 is 2.26 bits per heavy atom. The number of rotatable bonds is 7. The summed E-state index contributed by atoms with van der Waals surface area (Å²) in [7, 11) is 2.17. The molecule has 0 aliphatic carbocycles. The highest BCUT2D eigenvalue weighted by Gasteiger charge is 2.21. The molecular formula is C18H31N3OS. The second-order valence-electron chi connectivity index (χ2n) is 6.60. The first-order valence-electron chi connectivity index (χ1n) is 8.88. The topological polar surface area (TPSA) is 35.6 Å². The van der Waals surface area contributed by atoms with Gasteiger partial charge in [-0.15, -0.1) is 11.3 Å². The molecule has 1 atom stereocenters.